The lowest BCUT2D eigenvalue weighted by atomic mass is 10.0. The van der Waals surface area contributed by atoms with E-state index in [0.29, 0.717) is 11.5 Å². The van der Waals surface area contributed by atoms with Crippen LogP contribution in [0.2, 0.25) is 0 Å². The highest BCUT2D eigenvalue weighted by molar-refractivity contribution is 5.59. The van der Waals surface area contributed by atoms with E-state index in [1.165, 1.54) is 6.07 Å². The molecular weight excluding hydrogens is 253 g/mol. The van der Waals surface area contributed by atoms with Crippen LogP contribution in [0.3, 0.4) is 0 Å². The molecule has 1 aromatic heterocycles. The van der Waals surface area contributed by atoms with Gasteiger partial charge in [-0.25, -0.2) is 9.97 Å². The van der Waals surface area contributed by atoms with Crippen LogP contribution in [0.5, 0.6) is 0 Å². The molecule has 19 heavy (non-hydrogen) atoms. The average molecular weight is 266 g/mol. The Kier molecular flexibility index (Phi) is 3.55. The molecule has 1 heterocycles. The van der Waals surface area contributed by atoms with Gasteiger partial charge in [0, 0.05) is 11.8 Å². The van der Waals surface area contributed by atoms with Crippen LogP contribution in [0, 0.1) is 0 Å². The third-order valence-corrected chi connectivity index (χ3v) is 2.78. The largest absolute Gasteiger partial charge is 0.451 e. The van der Waals surface area contributed by atoms with Gasteiger partial charge in [-0.2, -0.15) is 13.2 Å². The highest BCUT2D eigenvalue weighted by Gasteiger charge is 2.34. The minimum Gasteiger partial charge on any atom is -0.233 e. The maximum absolute atomic E-state index is 12.5. The van der Waals surface area contributed by atoms with E-state index in [2.05, 4.69) is 23.8 Å². The van der Waals surface area contributed by atoms with Gasteiger partial charge >= 0.3 is 6.18 Å². The molecular formula is C14H13F3N2. The van der Waals surface area contributed by atoms with Gasteiger partial charge in [0.1, 0.15) is 0 Å². The second-order valence-electron chi connectivity index (χ2n) is 4.54. The quantitative estimate of drug-likeness (QED) is 0.810. The number of aromatic nitrogens is 2. The number of benzene rings is 1. The van der Waals surface area contributed by atoms with Crippen LogP contribution in [-0.4, -0.2) is 9.97 Å². The van der Waals surface area contributed by atoms with Gasteiger partial charge in [-0.05, 0) is 17.5 Å². The van der Waals surface area contributed by atoms with Crippen molar-refractivity contribution in [2.24, 2.45) is 0 Å². The number of hydrogen-bond donors (Lipinski definition) is 0. The summed E-state index contributed by atoms with van der Waals surface area (Å²) in [5, 5.41) is 0. The molecule has 5 heteroatoms. The van der Waals surface area contributed by atoms with E-state index < -0.39 is 12.0 Å². The lowest BCUT2D eigenvalue weighted by Gasteiger charge is -2.08. The third kappa shape index (κ3) is 3.10. The second kappa shape index (κ2) is 4.99. The summed E-state index contributed by atoms with van der Waals surface area (Å²) in [4.78, 5) is 6.80. The molecule has 0 bridgehead atoms. The number of hydrogen-bond acceptors (Lipinski definition) is 2. The zero-order chi connectivity index (χ0) is 14.0. The predicted octanol–water partition coefficient (Wildman–Crippen LogP) is 4.29. The molecule has 0 unspecified atom stereocenters. The van der Waals surface area contributed by atoms with Crippen LogP contribution in [-0.2, 0) is 6.18 Å². The smallest absolute Gasteiger partial charge is 0.233 e. The van der Waals surface area contributed by atoms with E-state index in [0.717, 1.165) is 11.8 Å². The van der Waals surface area contributed by atoms with Crippen LogP contribution in [0.4, 0.5) is 13.2 Å². The Morgan fingerprint density at radius 3 is 2.16 bits per heavy atom. The summed E-state index contributed by atoms with van der Waals surface area (Å²) in [5.74, 6) is -0.733. The molecule has 0 saturated carbocycles. The highest BCUT2D eigenvalue weighted by Crippen LogP contribution is 2.28. The van der Waals surface area contributed by atoms with Crippen LogP contribution in [0.25, 0.3) is 11.3 Å². The van der Waals surface area contributed by atoms with E-state index in [4.69, 9.17) is 0 Å². The van der Waals surface area contributed by atoms with Crippen LogP contribution in [0.15, 0.2) is 36.5 Å². The number of alkyl halides is 3. The van der Waals surface area contributed by atoms with Crippen molar-refractivity contribution in [1.29, 1.82) is 0 Å². The highest BCUT2D eigenvalue weighted by atomic mass is 19.4. The van der Waals surface area contributed by atoms with Gasteiger partial charge in [0.25, 0.3) is 0 Å². The van der Waals surface area contributed by atoms with Crippen LogP contribution < -0.4 is 0 Å². The van der Waals surface area contributed by atoms with Crippen LogP contribution >= 0.6 is 0 Å². The van der Waals surface area contributed by atoms with Crippen molar-refractivity contribution in [3.05, 3.63) is 47.9 Å². The first-order valence-electron chi connectivity index (χ1n) is 5.88. The Bertz CT molecular complexity index is 560. The van der Waals surface area contributed by atoms with Gasteiger partial charge in [0.05, 0.1) is 5.69 Å². The van der Waals surface area contributed by atoms with Gasteiger partial charge in [-0.1, -0.05) is 38.1 Å². The molecule has 100 valence electrons. The lowest BCUT2D eigenvalue weighted by molar-refractivity contribution is -0.144. The Labute approximate surface area is 109 Å². The molecule has 0 aliphatic carbocycles. The predicted molar refractivity (Wildman–Crippen MR) is 66.6 cm³/mol. The normalized spacial score (nSPS) is 11.9. The summed E-state index contributed by atoms with van der Waals surface area (Å²) in [5.41, 5.74) is 2.06. The Morgan fingerprint density at radius 1 is 1.00 bits per heavy atom. The van der Waals surface area contributed by atoms with Crippen molar-refractivity contribution < 1.29 is 13.2 Å². The molecule has 0 N–H and O–H groups in total. The molecule has 0 aliphatic heterocycles. The molecule has 2 aromatic rings. The fourth-order valence-electron chi connectivity index (χ4n) is 1.69. The van der Waals surface area contributed by atoms with E-state index in [1.54, 1.807) is 12.1 Å². The third-order valence-electron chi connectivity index (χ3n) is 2.78. The Hall–Kier alpha value is -1.91. The minimum atomic E-state index is -4.52. The van der Waals surface area contributed by atoms with Crippen molar-refractivity contribution in [3.63, 3.8) is 0 Å². The zero-order valence-corrected chi connectivity index (χ0v) is 10.6. The molecule has 0 saturated heterocycles. The van der Waals surface area contributed by atoms with Gasteiger partial charge in [-0.15, -0.1) is 0 Å². The van der Waals surface area contributed by atoms with Gasteiger partial charge in [0.15, 0.2) is 0 Å². The fourth-order valence-corrected chi connectivity index (χ4v) is 1.69. The maximum Gasteiger partial charge on any atom is 0.451 e. The zero-order valence-electron chi connectivity index (χ0n) is 10.6. The number of nitrogens with zero attached hydrogens (tertiary/aromatic N) is 2. The Balaban J connectivity index is 2.37. The van der Waals surface area contributed by atoms with Gasteiger partial charge in [0.2, 0.25) is 5.82 Å². The average Bonchev–Trinajstić information content (AvgIpc) is 2.38. The number of halogens is 3. The van der Waals surface area contributed by atoms with E-state index in [9.17, 15) is 13.2 Å². The first-order chi connectivity index (χ1) is 8.88. The van der Waals surface area contributed by atoms with Crippen LogP contribution in [0.1, 0.15) is 31.2 Å². The van der Waals surface area contributed by atoms with Crippen molar-refractivity contribution in [2.45, 2.75) is 25.9 Å². The summed E-state index contributed by atoms with van der Waals surface area (Å²) >= 11 is 0. The topological polar surface area (TPSA) is 25.8 Å². The standard InChI is InChI=1S/C14H13F3N2/c1-9(2)10-3-5-11(6-4-10)12-7-8-18-13(19-12)14(15,16)17/h3-9H,1-2H3. The summed E-state index contributed by atoms with van der Waals surface area (Å²) < 4.78 is 37.6. The fraction of sp³-hybridized carbons (Fsp3) is 0.286. The molecule has 2 nitrogen and oxygen atoms in total. The maximum atomic E-state index is 12.5. The Morgan fingerprint density at radius 2 is 1.63 bits per heavy atom. The molecule has 0 fully saturated rings. The van der Waals surface area contributed by atoms with Crippen molar-refractivity contribution in [3.8, 4) is 11.3 Å². The lowest BCUT2D eigenvalue weighted by Crippen LogP contribution is -2.10. The summed E-state index contributed by atoms with van der Waals surface area (Å²) in [6.07, 6.45) is -3.39. The number of rotatable bonds is 2. The van der Waals surface area contributed by atoms with Crippen molar-refractivity contribution in [1.82, 2.24) is 9.97 Å². The van der Waals surface area contributed by atoms with E-state index in [1.807, 2.05) is 12.1 Å². The molecule has 0 atom stereocenters. The summed E-state index contributed by atoms with van der Waals surface area (Å²) in [7, 11) is 0. The van der Waals surface area contributed by atoms with Crippen molar-refractivity contribution in [2.75, 3.05) is 0 Å². The molecule has 2 rings (SSSR count). The SMILES string of the molecule is CC(C)c1ccc(-c2ccnc(C(F)(F)F)n2)cc1. The van der Waals surface area contributed by atoms with Crippen molar-refractivity contribution >= 4 is 0 Å². The monoisotopic (exact) mass is 266 g/mol. The first kappa shape index (κ1) is 13.5. The van der Waals surface area contributed by atoms with E-state index >= 15 is 0 Å². The summed E-state index contributed by atoms with van der Waals surface area (Å²) in [6.45, 7) is 4.11. The van der Waals surface area contributed by atoms with E-state index in [-0.39, 0.29) is 5.69 Å². The second-order valence-corrected chi connectivity index (χ2v) is 4.54. The molecule has 0 aliphatic rings. The summed E-state index contributed by atoms with van der Waals surface area (Å²) in [6, 6.07) is 8.82. The van der Waals surface area contributed by atoms with Gasteiger partial charge < -0.3 is 0 Å². The first-order valence-corrected chi connectivity index (χ1v) is 5.88. The molecule has 0 radical (unpaired) electrons. The molecule has 1 aromatic carbocycles. The minimum absolute atomic E-state index is 0.276. The molecule has 0 amide bonds. The van der Waals surface area contributed by atoms with Gasteiger partial charge in [-0.3, -0.25) is 0 Å². The molecule has 0 spiro atoms.